The molecule has 0 radical (unpaired) electrons. The van der Waals surface area contributed by atoms with Crippen molar-refractivity contribution in [2.24, 2.45) is 0 Å². The standard InChI is InChI=1S/C26H27N3O4S/c30-26(27-25-8-4-7-22(19-25)20-29-14-16-33-17-15-29)23-9-11-24(12-10-23)28-34(31,32)18-13-21-5-2-1-3-6-21/h1-13,18-19,28H,14-17,20H2,(H,27,30)/b18-13+. The molecule has 34 heavy (non-hydrogen) atoms. The minimum atomic E-state index is -3.67. The number of hydrogen-bond acceptors (Lipinski definition) is 5. The molecule has 0 aliphatic carbocycles. The largest absolute Gasteiger partial charge is 0.379 e. The molecule has 1 heterocycles. The Morgan fingerprint density at radius 1 is 0.912 bits per heavy atom. The van der Waals surface area contributed by atoms with Crippen LogP contribution < -0.4 is 10.0 Å². The summed E-state index contributed by atoms with van der Waals surface area (Å²) in [6.07, 6.45) is 1.53. The SMILES string of the molecule is O=C(Nc1cccc(CN2CCOCC2)c1)c1ccc(NS(=O)(=O)/C=C/c2ccccc2)cc1. The van der Waals surface area contributed by atoms with Gasteiger partial charge < -0.3 is 10.1 Å². The molecule has 8 heteroatoms. The van der Waals surface area contributed by atoms with E-state index in [9.17, 15) is 13.2 Å². The number of carbonyl (C=O) groups excluding carboxylic acids is 1. The minimum absolute atomic E-state index is 0.262. The van der Waals surface area contributed by atoms with Gasteiger partial charge in [-0.1, -0.05) is 42.5 Å². The summed E-state index contributed by atoms with van der Waals surface area (Å²) in [6, 6.07) is 23.3. The van der Waals surface area contributed by atoms with E-state index in [1.54, 1.807) is 24.3 Å². The van der Waals surface area contributed by atoms with Gasteiger partial charge in [0.2, 0.25) is 0 Å². The Hall–Kier alpha value is -3.46. The summed E-state index contributed by atoms with van der Waals surface area (Å²) in [4.78, 5) is 15.0. The van der Waals surface area contributed by atoms with E-state index in [1.165, 1.54) is 6.08 Å². The maximum atomic E-state index is 12.7. The van der Waals surface area contributed by atoms with Gasteiger partial charge >= 0.3 is 0 Å². The van der Waals surface area contributed by atoms with Crippen LogP contribution in [0.1, 0.15) is 21.5 Å². The predicted octanol–water partition coefficient (Wildman–Crippen LogP) is 4.18. The number of nitrogens with zero attached hydrogens (tertiary/aromatic N) is 1. The van der Waals surface area contributed by atoms with E-state index in [4.69, 9.17) is 4.74 Å². The average Bonchev–Trinajstić information content (AvgIpc) is 2.85. The molecule has 2 N–H and O–H groups in total. The van der Waals surface area contributed by atoms with Crippen molar-refractivity contribution >= 4 is 33.4 Å². The van der Waals surface area contributed by atoms with Gasteiger partial charge in [0.25, 0.3) is 15.9 Å². The number of morpholine rings is 1. The second-order valence-corrected chi connectivity index (χ2v) is 9.55. The van der Waals surface area contributed by atoms with Crippen molar-refractivity contribution in [1.29, 1.82) is 0 Å². The van der Waals surface area contributed by atoms with Crippen molar-refractivity contribution < 1.29 is 17.9 Å². The summed E-state index contributed by atoms with van der Waals surface area (Å²) in [7, 11) is -3.67. The molecule has 0 spiro atoms. The van der Waals surface area contributed by atoms with Crippen LogP contribution in [-0.4, -0.2) is 45.5 Å². The van der Waals surface area contributed by atoms with Gasteiger partial charge in [-0.05, 0) is 53.6 Å². The smallest absolute Gasteiger partial charge is 0.255 e. The molecular formula is C26H27N3O4S. The van der Waals surface area contributed by atoms with Gasteiger partial charge in [0.05, 0.1) is 18.6 Å². The topological polar surface area (TPSA) is 87.7 Å². The van der Waals surface area contributed by atoms with E-state index in [-0.39, 0.29) is 5.91 Å². The van der Waals surface area contributed by atoms with Crippen molar-refractivity contribution in [3.05, 3.63) is 101 Å². The Kier molecular flexibility index (Phi) is 7.74. The summed E-state index contributed by atoms with van der Waals surface area (Å²) in [5.74, 6) is -0.262. The first-order valence-electron chi connectivity index (χ1n) is 11.0. The zero-order valence-corrected chi connectivity index (χ0v) is 19.5. The van der Waals surface area contributed by atoms with Crippen LogP contribution in [0.5, 0.6) is 0 Å². The molecule has 0 bridgehead atoms. The van der Waals surface area contributed by atoms with Crippen LogP contribution >= 0.6 is 0 Å². The maximum Gasteiger partial charge on any atom is 0.255 e. The lowest BCUT2D eigenvalue weighted by atomic mass is 10.1. The number of hydrogen-bond donors (Lipinski definition) is 2. The molecule has 1 saturated heterocycles. The number of sulfonamides is 1. The van der Waals surface area contributed by atoms with Crippen molar-refractivity contribution in [2.45, 2.75) is 6.54 Å². The molecule has 0 atom stereocenters. The number of anilines is 2. The van der Waals surface area contributed by atoms with E-state index in [1.807, 2.05) is 54.6 Å². The Balaban J connectivity index is 1.35. The Bertz CT molecular complexity index is 1240. The van der Waals surface area contributed by atoms with Crippen LogP contribution in [0.15, 0.2) is 84.3 Å². The van der Waals surface area contributed by atoms with Crippen LogP contribution in [0, 0.1) is 0 Å². The van der Waals surface area contributed by atoms with E-state index >= 15 is 0 Å². The third-order valence-corrected chi connectivity index (χ3v) is 6.36. The molecule has 0 saturated carbocycles. The van der Waals surface area contributed by atoms with Crippen molar-refractivity contribution in [3.63, 3.8) is 0 Å². The number of nitrogens with one attached hydrogen (secondary N) is 2. The summed E-state index contributed by atoms with van der Waals surface area (Å²) in [6.45, 7) is 4.09. The summed E-state index contributed by atoms with van der Waals surface area (Å²) in [5, 5.41) is 4.03. The monoisotopic (exact) mass is 477 g/mol. The fraction of sp³-hybridized carbons (Fsp3) is 0.192. The Morgan fingerprint density at radius 2 is 1.65 bits per heavy atom. The highest BCUT2D eigenvalue weighted by Crippen LogP contribution is 2.17. The highest BCUT2D eigenvalue weighted by molar-refractivity contribution is 7.95. The molecule has 4 rings (SSSR count). The van der Waals surface area contributed by atoms with E-state index in [2.05, 4.69) is 14.9 Å². The second-order valence-electron chi connectivity index (χ2n) is 7.98. The van der Waals surface area contributed by atoms with Crippen LogP contribution in [0.4, 0.5) is 11.4 Å². The summed E-state index contributed by atoms with van der Waals surface area (Å²) >= 11 is 0. The molecule has 3 aromatic carbocycles. The quantitative estimate of drug-likeness (QED) is 0.508. The normalized spacial score (nSPS) is 14.7. The number of ether oxygens (including phenoxy) is 1. The summed E-state index contributed by atoms with van der Waals surface area (Å²) in [5.41, 5.74) is 3.43. The Labute approximate surface area is 200 Å². The predicted molar refractivity (Wildman–Crippen MR) is 135 cm³/mol. The average molecular weight is 478 g/mol. The molecular weight excluding hydrogens is 450 g/mol. The van der Waals surface area contributed by atoms with Gasteiger partial charge in [0.15, 0.2) is 0 Å². The maximum absolute atomic E-state index is 12.7. The Morgan fingerprint density at radius 3 is 2.38 bits per heavy atom. The lowest BCUT2D eigenvalue weighted by Crippen LogP contribution is -2.35. The van der Waals surface area contributed by atoms with E-state index in [0.29, 0.717) is 16.9 Å². The molecule has 3 aromatic rings. The second kappa shape index (κ2) is 11.1. The zero-order valence-electron chi connectivity index (χ0n) is 18.7. The molecule has 1 fully saturated rings. The number of rotatable bonds is 8. The van der Waals surface area contributed by atoms with E-state index < -0.39 is 10.0 Å². The number of carbonyl (C=O) groups is 1. The summed E-state index contributed by atoms with van der Waals surface area (Å²) < 4.78 is 32.5. The van der Waals surface area contributed by atoms with Gasteiger partial charge in [0, 0.05) is 36.6 Å². The van der Waals surface area contributed by atoms with Crippen molar-refractivity contribution in [2.75, 3.05) is 36.3 Å². The fourth-order valence-corrected chi connectivity index (χ4v) is 4.46. The first-order chi connectivity index (χ1) is 16.5. The molecule has 1 amide bonds. The lowest BCUT2D eigenvalue weighted by molar-refractivity contribution is 0.0342. The van der Waals surface area contributed by atoms with Gasteiger partial charge in [0.1, 0.15) is 0 Å². The van der Waals surface area contributed by atoms with E-state index in [0.717, 1.165) is 49.4 Å². The first-order valence-corrected chi connectivity index (χ1v) is 12.6. The van der Waals surface area contributed by atoms with Gasteiger partial charge in [-0.3, -0.25) is 14.4 Å². The van der Waals surface area contributed by atoms with Crippen LogP contribution in [-0.2, 0) is 21.3 Å². The fourth-order valence-electron chi connectivity index (χ4n) is 3.59. The first kappa shape index (κ1) is 23.7. The molecule has 0 unspecified atom stereocenters. The highest BCUT2D eigenvalue weighted by atomic mass is 32.2. The van der Waals surface area contributed by atoms with Crippen molar-refractivity contribution in [3.8, 4) is 0 Å². The third-order valence-electron chi connectivity index (χ3n) is 5.34. The third kappa shape index (κ3) is 7.02. The van der Waals surface area contributed by atoms with Crippen LogP contribution in [0.2, 0.25) is 0 Å². The molecule has 0 aromatic heterocycles. The lowest BCUT2D eigenvalue weighted by Gasteiger charge is -2.26. The van der Waals surface area contributed by atoms with Gasteiger partial charge in [-0.2, -0.15) is 0 Å². The number of amides is 1. The minimum Gasteiger partial charge on any atom is -0.379 e. The number of benzene rings is 3. The van der Waals surface area contributed by atoms with Gasteiger partial charge in [-0.15, -0.1) is 0 Å². The molecule has 1 aliphatic rings. The molecule has 176 valence electrons. The zero-order chi connectivity index (χ0) is 23.8. The van der Waals surface area contributed by atoms with Crippen LogP contribution in [0.25, 0.3) is 6.08 Å². The van der Waals surface area contributed by atoms with Gasteiger partial charge in [-0.25, -0.2) is 8.42 Å². The highest BCUT2D eigenvalue weighted by Gasteiger charge is 2.12. The van der Waals surface area contributed by atoms with Crippen molar-refractivity contribution in [1.82, 2.24) is 4.90 Å². The van der Waals surface area contributed by atoms with Crippen LogP contribution in [0.3, 0.4) is 0 Å². The molecule has 7 nitrogen and oxygen atoms in total. The molecule has 1 aliphatic heterocycles.